The van der Waals surface area contributed by atoms with E-state index in [0.29, 0.717) is 64.8 Å². The molecule has 0 heterocycles. The molecule has 0 aromatic heterocycles. The molecule has 0 aliphatic rings. The van der Waals surface area contributed by atoms with Crippen molar-refractivity contribution >= 4 is 47.8 Å². The van der Waals surface area contributed by atoms with Gasteiger partial charge in [-0.3, -0.25) is 38.4 Å². The fourth-order valence-corrected chi connectivity index (χ4v) is 3.16. The standard InChI is InChI=1S/5C6H14N2O2.3C2H5NO2/c5*7-4-2-1-3-5(8)6(9)10;3*3-1-2(4)5/h5*5H,1-4,7-8H2,(H,9,10);3*1,3H2,(H,4,5)/t5*5-;;;/m00000.../s1. The van der Waals surface area contributed by atoms with Crippen LogP contribution in [0, 0.1) is 0 Å². The first kappa shape index (κ1) is 77.5. The van der Waals surface area contributed by atoms with Crippen molar-refractivity contribution in [1.29, 1.82) is 0 Å². The Morgan fingerprint density at radius 1 is 0.262 bits per heavy atom. The lowest BCUT2D eigenvalue weighted by Crippen LogP contribution is -2.29. The fourth-order valence-electron chi connectivity index (χ4n) is 3.16. The molecule has 0 saturated heterocycles. The third kappa shape index (κ3) is 90.8. The third-order valence-electron chi connectivity index (χ3n) is 6.96. The molecule has 0 saturated carbocycles. The van der Waals surface area contributed by atoms with E-state index in [0.717, 1.165) is 64.2 Å². The zero-order valence-corrected chi connectivity index (χ0v) is 37.5. The highest BCUT2D eigenvalue weighted by molar-refractivity contribution is 5.74. The van der Waals surface area contributed by atoms with Crippen molar-refractivity contribution in [2.75, 3.05) is 52.4 Å². The zero-order valence-electron chi connectivity index (χ0n) is 37.5. The molecule has 29 heteroatoms. The van der Waals surface area contributed by atoms with Gasteiger partial charge in [-0.05, 0) is 96.9 Å². The maximum Gasteiger partial charge on any atom is 0.320 e. The molecule has 0 spiro atoms. The molecule has 5 atom stereocenters. The summed E-state index contributed by atoms with van der Waals surface area (Å²) >= 11 is 0. The maximum atomic E-state index is 10.1. The second-order valence-corrected chi connectivity index (χ2v) is 12.9. The minimum Gasteiger partial charge on any atom is -0.480 e. The van der Waals surface area contributed by atoms with Gasteiger partial charge in [0.05, 0.1) is 19.6 Å². The Morgan fingerprint density at radius 3 is 0.431 bits per heavy atom. The van der Waals surface area contributed by atoms with E-state index in [-0.39, 0.29) is 19.6 Å². The highest BCUT2D eigenvalue weighted by Gasteiger charge is 2.12. The second kappa shape index (κ2) is 61.3. The lowest BCUT2D eigenvalue weighted by molar-refractivity contribution is -0.139. The number of aliphatic carboxylic acids is 8. The summed E-state index contributed by atoms with van der Waals surface area (Å²) in [6.07, 6.45) is 10.8. The molecular weight excluding hydrogens is 870 g/mol. The first-order chi connectivity index (χ1) is 30.2. The van der Waals surface area contributed by atoms with E-state index in [9.17, 15) is 38.4 Å². The topological polar surface area (TPSA) is 637 Å². The van der Waals surface area contributed by atoms with Crippen molar-refractivity contribution in [2.24, 2.45) is 74.5 Å². The van der Waals surface area contributed by atoms with Gasteiger partial charge in [-0.2, -0.15) is 0 Å². The molecule has 0 amide bonds. The quantitative estimate of drug-likeness (QED) is 0.0326. The number of nitrogens with two attached hydrogens (primary N) is 13. The average molecular weight is 956 g/mol. The van der Waals surface area contributed by atoms with Crippen LogP contribution in [0.15, 0.2) is 0 Å². The van der Waals surface area contributed by atoms with Crippen LogP contribution in [0.5, 0.6) is 0 Å². The summed E-state index contributed by atoms with van der Waals surface area (Å²) in [5.74, 6) is -7.57. The Morgan fingerprint density at radius 2 is 0.369 bits per heavy atom. The fraction of sp³-hybridized carbons (Fsp3) is 0.778. The van der Waals surface area contributed by atoms with Gasteiger partial charge in [0, 0.05) is 0 Å². The lowest BCUT2D eigenvalue weighted by atomic mass is 10.1. The minimum atomic E-state index is -0.968. The number of hydrogen-bond acceptors (Lipinski definition) is 21. The predicted octanol–water partition coefficient (Wildman–Crippen LogP) is -5.27. The highest BCUT2D eigenvalue weighted by Crippen LogP contribution is 2.00. The average Bonchev–Trinajstić information content (AvgIpc) is 3.25. The molecule has 0 aromatic rings. The van der Waals surface area contributed by atoms with Gasteiger partial charge in [0.2, 0.25) is 0 Å². The number of rotatable bonds is 28. The maximum absolute atomic E-state index is 10.1. The Labute approximate surface area is 380 Å². The minimum absolute atomic E-state index is 0.278. The normalized spacial score (nSPS) is 11.7. The van der Waals surface area contributed by atoms with Crippen molar-refractivity contribution in [2.45, 2.75) is 127 Å². The molecule has 0 fully saturated rings. The van der Waals surface area contributed by atoms with E-state index in [2.05, 4.69) is 17.2 Å². The monoisotopic (exact) mass is 956 g/mol. The van der Waals surface area contributed by atoms with Crippen molar-refractivity contribution in [3.05, 3.63) is 0 Å². The third-order valence-corrected chi connectivity index (χ3v) is 6.96. The van der Waals surface area contributed by atoms with Gasteiger partial charge in [-0.25, -0.2) is 0 Å². The molecule has 65 heavy (non-hydrogen) atoms. The van der Waals surface area contributed by atoms with Crippen LogP contribution in [0.3, 0.4) is 0 Å². The van der Waals surface area contributed by atoms with Crippen LogP contribution in [0.1, 0.15) is 96.3 Å². The molecule has 0 rings (SSSR count). The first-order valence-corrected chi connectivity index (χ1v) is 20.4. The van der Waals surface area contributed by atoms with Gasteiger partial charge in [0.15, 0.2) is 0 Å². The van der Waals surface area contributed by atoms with Crippen LogP contribution in [-0.2, 0) is 38.4 Å². The van der Waals surface area contributed by atoms with Gasteiger partial charge in [-0.15, -0.1) is 0 Å². The molecular formula is C36H85N13O16. The predicted molar refractivity (Wildman–Crippen MR) is 243 cm³/mol. The number of carboxylic acids is 8. The van der Waals surface area contributed by atoms with Crippen LogP contribution in [0.25, 0.3) is 0 Å². The van der Waals surface area contributed by atoms with Crippen LogP contribution >= 0.6 is 0 Å². The summed E-state index contributed by atoms with van der Waals surface area (Å²) in [6, 6.07) is -3.58. The van der Waals surface area contributed by atoms with Gasteiger partial charge in [0.25, 0.3) is 0 Å². The Bertz CT molecular complexity index is 982. The SMILES string of the molecule is NCC(=O)O.NCC(=O)O.NCC(=O)O.NCCCC[C@H](N)C(=O)O.NCCCC[C@H](N)C(=O)O.NCCCC[C@H](N)C(=O)O.NCCCC[C@H](N)C(=O)O.NCCCC[C@H](N)C(=O)O. The Balaban J connectivity index is -0.0000000967. The van der Waals surface area contributed by atoms with Gasteiger partial charge < -0.3 is 115 Å². The molecule has 0 unspecified atom stereocenters. The van der Waals surface area contributed by atoms with Gasteiger partial charge in [-0.1, -0.05) is 32.1 Å². The van der Waals surface area contributed by atoms with Crippen molar-refractivity contribution in [3.63, 3.8) is 0 Å². The summed E-state index contributed by atoms with van der Waals surface area (Å²) < 4.78 is 0. The highest BCUT2D eigenvalue weighted by atomic mass is 16.4. The lowest BCUT2D eigenvalue weighted by Gasteiger charge is -2.03. The largest absolute Gasteiger partial charge is 0.480 e. The zero-order chi connectivity index (χ0) is 52.8. The van der Waals surface area contributed by atoms with Gasteiger partial charge >= 0.3 is 47.8 Å². The second-order valence-electron chi connectivity index (χ2n) is 12.9. The van der Waals surface area contributed by atoms with E-state index in [4.69, 9.17) is 98.2 Å². The molecule has 0 aromatic carbocycles. The smallest absolute Gasteiger partial charge is 0.320 e. The van der Waals surface area contributed by atoms with Gasteiger partial charge in [0.1, 0.15) is 30.2 Å². The van der Waals surface area contributed by atoms with E-state index in [1.165, 1.54) is 0 Å². The molecule has 29 nitrogen and oxygen atoms in total. The number of carbonyl (C=O) groups is 8. The summed E-state index contributed by atoms with van der Waals surface area (Å²) in [4.78, 5) is 78.4. The van der Waals surface area contributed by atoms with E-state index >= 15 is 0 Å². The molecule has 0 aliphatic carbocycles. The van der Waals surface area contributed by atoms with Crippen molar-refractivity contribution in [1.82, 2.24) is 0 Å². The van der Waals surface area contributed by atoms with Crippen molar-refractivity contribution < 1.29 is 79.2 Å². The van der Waals surface area contributed by atoms with Crippen LogP contribution in [-0.4, -0.2) is 171 Å². The molecule has 0 bridgehead atoms. The molecule has 0 aliphatic heterocycles. The summed E-state index contributed by atoms with van der Waals surface area (Å²) in [7, 11) is 0. The van der Waals surface area contributed by atoms with E-state index in [1.807, 2.05) is 0 Å². The summed E-state index contributed by atoms with van der Waals surface area (Å²) in [6.45, 7) is 2.18. The van der Waals surface area contributed by atoms with E-state index < -0.39 is 78.0 Å². The Hall–Kier alpha value is -4.76. The van der Waals surface area contributed by atoms with Crippen molar-refractivity contribution in [3.8, 4) is 0 Å². The van der Waals surface area contributed by atoms with Crippen LogP contribution in [0.4, 0.5) is 0 Å². The molecule has 390 valence electrons. The molecule has 34 N–H and O–H groups in total. The summed E-state index contributed by atoms with van der Waals surface area (Å²) in [5, 5.41) is 64.4. The van der Waals surface area contributed by atoms with Crippen LogP contribution in [0.2, 0.25) is 0 Å². The van der Waals surface area contributed by atoms with Crippen LogP contribution < -0.4 is 74.5 Å². The number of carboxylic acid groups (broad SMARTS) is 8. The first-order valence-electron chi connectivity index (χ1n) is 20.4. The van der Waals surface area contributed by atoms with E-state index in [1.54, 1.807) is 0 Å². The Kier molecular flexibility index (Phi) is 73.1. The molecule has 0 radical (unpaired) electrons. The number of unbranched alkanes of at least 4 members (excludes halogenated alkanes) is 5. The number of hydrogen-bond donors (Lipinski definition) is 21. The summed E-state index contributed by atoms with van der Waals surface area (Å²) in [5.41, 5.74) is 65.8.